The molecular formula is C20H15F3N4O5. The third-order valence-electron chi connectivity index (χ3n) is 4.01. The number of nitrogens with zero attached hydrogens (tertiary/aromatic N) is 4. The highest BCUT2D eigenvalue weighted by Gasteiger charge is 2.33. The van der Waals surface area contributed by atoms with Gasteiger partial charge in [-0.2, -0.15) is 13.2 Å². The van der Waals surface area contributed by atoms with Crippen molar-refractivity contribution >= 4 is 11.5 Å². The van der Waals surface area contributed by atoms with Crippen molar-refractivity contribution in [3.63, 3.8) is 0 Å². The van der Waals surface area contributed by atoms with E-state index in [1.165, 1.54) is 26.5 Å². The molecule has 0 saturated heterocycles. The van der Waals surface area contributed by atoms with E-state index in [1.54, 1.807) is 24.3 Å². The second kappa shape index (κ2) is 9.29. The molecular weight excluding hydrogens is 433 g/mol. The first-order chi connectivity index (χ1) is 15.2. The van der Waals surface area contributed by atoms with Crippen LogP contribution in [0, 0.1) is 0 Å². The monoisotopic (exact) mass is 448 g/mol. The van der Waals surface area contributed by atoms with Gasteiger partial charge in [0.25, 0.3) is 5.56 Å². The summed E-state index contributed by atoms with van der Waals surface area (Å²) in [6, 6.07) is 8.03. The van der Waals surface area contributed by atoms with Crippen LogP contribution in [0.15, 0.2) is 60.1 Å². The molecule has 0 fully saturated rings. The van der Waals surface area contributed by atoms with Crippen LogP contribution in [0.2, 0.25) is 0 Å². The zero-order valence-corrected chi connectivity index (χ0v) is 16.7. The summed E-state index contributed by atoms with van der Waals surface area (Å²) >= 11 is 0. The van der Waals surface area contributed by atoms with Gasteiger partial charge in [-0.25, -0.2) is 19.7 Å². The lowest BCUT2D eigenvalue weighted by Gasteiger charge is -2.13. The topological polar surface area (TPSA) is 105 Å². The molecule has 0 N–H and O–H groups in total. The molecule has 0 amide bonds. The minimum atomic E-state index is -4.75. The lowest BCUT2D eigenvalue weighted by Crippen LogP contribution is -2.22. The number of esters is 1. The van der Waals surface area contributed by atoms with E-state index in [1.807, 2.05) is 0 Å². The van der Waals surface area contributed by atoms with E-state index in [2.05, 4.69) is 15.0 Å². The number of aromatic nitrogens is 4. The summed E-state index contributed by atoms with van der Waals surface area (Å²) in [5.74, 6) is -0.590. The summed E-state index contributed by atoms with van der Waals surface area (Å²) in [7, 11) is 2.57. The Kier molecular flexibility index (Phi) is 6.52. The van der Waals surface area contributed by atoms with Crippen molar-refractivity contribution in [1.82, 2.24) is 19.5 Å². The second-order valence-corrected chi connectivity index (χ2v) is 6.05. The number of rotatable bonds is 6. The van der Waals surface area contributed by atoms with Crippen molar-refractivity contribution in [3.8, 4) is 17.4 Å². The molecule has 0 aliphatic rings. The third kappa shape index (κ3) is 4.91. The van der Waals surface area contributed by atoms with Crippen LogP contribution >= 0.6 is 0 Å². The Hall–Kier alpha value is -4.22. The quantitative estimate of drug-likeness (QED) is 0.322. The Morgan fingerprint density at radius 2 is 1.84 bits per heavy atom. The molecule has 3 aromatic rings. The molecule has 1 aromatic carbocycles. The van der Waals surface area contributed by atoms with Gasteiger partial charge < -0.3 is 14.2 Å². The lowest BCUT2D eigenvalue weighted by atomic mass is 10.1. The minimum Gasteiger partial charge on any atom is -0.503 e. The highest BCUT2D eigenvalue weighted by molar-refractivity contribution is 6.17. The number of hydrogen-bond acceptors (Lipinski definition) is 8. The summed E-state index contributed by atoms with van der Waals surface area (Å²) in [6.45, 7) is 0. The van der Waals surface area contributed by atoms with E-state index < -0.39 is 23.4 Å². The molecule has 9 nitrogen and oxygen atoms in total. The predicted octanol–water partition coefficient (Wildman–Crippen LogP) is 2.99. The summed E-state index contributed by atoms with van der Waals surface area (Å²) < 4.78 is 54.5. The molecule has 0 radical (unpaired) electrons. The Morgan fingerprint density at radius 3 is 2.50 bits per heavy atom. The number of carbonyl (C=O) groups is 1. The average Bonchev–Trinajstić information content (AvgIpc) is 2.77. The average molecular weight is 448 g/mol. The Labute approximate surface area is 178 Å². The van der Waals surface area contributed by atoms with Gasteiger partial charge in [0, 0.05) is 17.7 Å². The number of benzene rings is 1. The van der Waals surface area contributed by atoms with Gasteiger partial charge in [0.2, 0.25) is 5.88 Å². The van der Waals surface area contributed by atoms with E-state index >= 15 is 0 Å². The van der Waals surface area contributed by atoms with Crippen LogP contribution in [0.3, 0.4) is 0 Å². The van der Waals surface area contributed by atoms with Gasteiger partial charge in [0.1, 0.15) is 29.8 Å². The maximum atomic E-state index is 12.7. The standard InChI is InChI=1S/C20H15F3N4O5/c1-30-9-13(19(29)31-2)12-5-3-4-6-14(12)32-17-8-16(24-10-25-17)27-11-26-15(7-18(27)28)20(21,22)23/h3-11H,1-2H3. The van der Waals surface area contributed by atoms with E-state index in [0.717, 1.165) is 10.9 Å². The normalized spacial score (nSPS) is 11.7. The fourth-order valence-electron chi connectivity index (χ4n) is 2.59. The number of carbonyl (C=O) groups excluding carboxylic acids is 1. The van der Waals surface area contributed by atoms with E-state index in [0.29, 0.717) is 18.0 Å². The summed E-state index contributed by atoms with van der Waals surface area (Å²) in [4.78, 5) is 35.3. The van der Waals surface area contributed by atoms with Gasteiger partial charge in [-0.1, -0.05) is 18.2 Å². The van der Waals surface area contributed by atoms with Crippen molar-refractivity contribution in [2.24, 2.45) is 0 Å². The molecule has 32 heavy (non-hydrogen) atoms. The molecule has 0 saturated carbocycles. The third-order valence-corrected chi connectivity index (χ3v) is 4.01. The molecule has 0 aliphatic heterocycles. The van der Waals surface area contributed by atoms with Crippen LogP contribution in [0.5, 0.6) is 11.6 Å². The summed E-state index contributed by atoms with van der Waals surface area (Å²) in [6.07, 6.45) is -1.80. The first kappa shape index (κ1) is 22.5. The summed E-state index contributed by atoms with van der Waals surface area (Å²) in [5.41, 5.74) is -1.91. The Balaban J connectivity index is 1.97. The van der Waals surface area contributed by atoms with Crippen LogP contribution in [0.1, 0.15) is 11.3 Å². The molecule has 3 rings (SSSR count). The van der Waals surface area contributed by atoms with Crippen molar-refractivity contribution in [3.05, 3.63) is 76.9 Å². The summed E-state index contributed by atoms with van der Waals surface area (Å²) in [5, 5.41) is 0. The van der Waals surface area contributed by atoms with E-state index in [9.17, 15) is 22.8 Å². The van der Waals surface area contributed by atoms with Gasteiger partial charge in [-0.05, 0) is 6.07 Å². The SMILES string of the molecule is COC=C(C(=O)OC)c1ccccc1Oc1cc(-n2cnc(C(F)(F)F)cc2=O)ncn1. The molecule has 0 spiro atoms. The largest absolute Gasteiger partial charge is 0.503 e. The maximum absolute atomic E-state index is 12.7. The zero-order chi connectivity index (χ0) is 23.3. The number of hydrogen-bond donors (Lipinski definition) is 0. The van der Waals surface area contributed by atoms with Crippen molar-refractivity contribution < 1.29 is 32.2 Å². The molecule has 2 aromatic heterocycles. The fraction of sp³-hybridized carbons (Fsp3) is 0.150. The van der Waals surface area contributed by atoms with Crippen molar-refractivity contribution in [2.75, 3.05) is 14.2 Å². The first-order valence-corrected chi connectivity index (χ1v) is 8.81. The van der Waals surface area contributed by atoms with Crippen LogP contribution < -0.4 is 10.3 Å². The second-order valence-electron chi connectivity index (χ2n) is 6.05. The zero-order valence-electron chi connectivity index (χ0n) is 16.7. The maximum Gasteiger partial charge on any atom is 0.433 e. The number of methoxy groups -OCH3 is 2. The molecule has 12 heteroatoms. The Morgan fingerprint density at radius 1 is 1.09 bits per heavy atom. The van der Waals surface area contributed by atoms with Gasteiger partial charge >= 0.3 is 12.1 Å². The number of ether oxygens (including phenoxy) is 3. The minimum absolute atomic E-state index is 0.0455. The predicted molar refractivity (Wildman–Crippen MR) is 104 cm³/mol. The van der Waals surface area contributed by atoms with Gasteiger partial charge in [-0.15, -0.1) is 0 Å². The molecule has 0 unspecified atom stereocenters. The number of alkyl halides is 3. The molecule has 0 aliphatic carbocycles. The molecule has 0 atom stereocenters. The van der Waals surface area contributed by atoms with Gasteiger partial charge in [0.15, 0.2) is 5.69 Å². The highest BCUT2D eigenvalue weighted by Crippen LogP contribution is 2.30. The van der Waals surface area contributed by atoms with Crippen LogP contribution in [-0.2, 0) is 20.4 Å². The van der Waals surface area contributed by atoms with Crippen LogP contribution in [0.25, 0.3) is 11.4 Å². The number of halogens is 3. The smallest absolute Gasteiger partial charge is 0.433 e. The number of para-hydroxylation sites is 1. The van der Waals surface area contributed by atoms with Crippen LogP contribution in [0.4, 0.5) is 13.2 Å². The van der Waals surface area contributed by atoms with E-state index in [-0.39, 0.29) is 23.0 Å². The van der Waals surface area contributed by atoms with Crippen molar-refractivity contribution in [2.45, 2.75) is 6.18 Å². The Bertz CT molecular complexity index is 1220. The molecule has 2 heterocycles. The lowest BCUT2D eigenvalue weighted by molar-refractivity contribution is -0.141. The van der Waals surface area contributed by atoms with Crippen LogP contribution in [-0.4, -0.2) is 39.7 Å². The van der Waals surface area contributed by atoms with Gasteiger partial charge in [-0.3, -0.25) is 9.36 Å². The van der Waals surface area contributed by atoms with E-state index in [4.69, 9.17) is 14.2 Å². The first-order valence-electron chi connectivity index (χ1n) is 8.81. The molecule has 0 bridgehead atoms. The van der Waals surface area contributed by atoms with Crippen molar-refractivity contribution in [1.29, 1.82) is 0 Å². The highest BCUT2D eigenvalue weighted by atomic mass is 19.4. The van der Waals surface area contributed by atoms with Gasteiger partial charge in [0.05, 0.1) is 20.5 Å². The molecule has 166 valence electrons. The fourth-order valence-corrected chi connectivity index (χ4v) is 2.59.